The van der Waals surface area contributed by atoms with Crippen molar-refractivity contribution in [1.82, 2.24) is 0 Å². The standard InChI is InChI=1S/C24H21N/c1-16-7-11-18(12-8-16)22-15-20-5-3-4-6-21(20)24(25)23(22)19-13-9-17(2)10-14-19/h3-15H,25H2,1-2H3. The van der Waals surface area contributed by atoms with Crippen molar-refractivity contribution in [3.8, 4) is 22.3 Å². The predicted octanol–water partition coefficient (Wildman–Crippen LogP) is 6.37. The van der Waals surface area contributed by atoms with Gasteiger partial charge in [0.15, 0.2) is 0 Å². The van der Waals surface area contributed by atoms with Crippen molar-refractivity contribution >= 4 is 16.5 Å². The SMILES string of the molecule is Cc1ccc(-c2cc3ccccc3c(N)c2-c2ccc(C)cc2)cc1. The summed E-state index contributed by atoms with van der Waals surface area (Å²) in [4.78, 5) is 0. The van der Waals surface area contributed by atoms with Gasteiger partial charge in [-0.1, -0.05) is 83.9 Å². The summed E-state index contributed by atoms with van der Waals surface area (Å²) < 4.78 is 0. The van der Waals surface area contributed by atoms with E-state index in [2.05, 4.69) is 86.6 Å². The minimum absolute atomic E-state index is 0.845. The molecule has 0 unspecified atom stereocenters. The van der Waals surface area contributed by atoms with Crippen LogP contribution in [0.15, 0.2) is 78.9 Å². The van der Waals surface area contributed by atoms with Crippen LogP contribution in [0.3, 0.4) is 0 Å². The molecule has 122 valence electrons. The second-order valence-electron chi connectivity index (χ2n) is 6.67. The minimum Gasteiger partial charge on any atom is -0.398 e. The van der Waals surface area contributed by atoms with Crippen LogP contribution in [0.2, 0.25) is 0 Å². The van der Waals surface area contributed by atoms with Gasteiger partial charge >= 0.3 is 0 Å². The summed E-state index contributed by atoms with van der Waals surface area (Å²) in [7, 11) is 0. The maximum absolute atomic E-state index is 6.66. The van der Waals surface area contributed by atoms with Crippen LogP contribution in [0.1, 0.15) is 11.1 Å². The van der Waals surface area contributed by atoms with Gasteiger partial charge in [0.25, 0.3) is 0 Å². The molecular formula is C24H21N. The van der Waals surface area contributed by atoms with E-state index in [1.165, 1.54) is 27.6 Å². The fourth-order valence-electron chi connectivity index (χ4n) is 3.37. The van der Waals surface area contributed by atoms with Gasteiger partial charge in [-0.3, -0.25) is 0 Å². The van der Waals surface area contributed by atoms with Gasteiger partial charge < -0.3 is 5.73 Å². The minimum atomic E-state index is 0.845. The number of nitrogen functional groups attached to an aromatic ring is 1. The molecule has 0 spiro atoms. The first-order valence-electron chi connectivity index (χ1n) is 8.59. The molecule has 4 rings (SSSR count). The third kappa shape index (κ3) is 2.78. The average Bonchev–Trinajstić information content (AvgIpc) is 2.63. The molecule has 1 heteroatoms. The zero-order valence-electron chi connectivity index (χ0n) is 14.6. The lowest BCUT2D eigenvalue weighted by molar-refractivity contribution is 1.46. The zero-order chi connectivity index (χ0) is 17.4. The van der Waals surface area contributed by atoms with E-state index in [1.54, 1.807) is 0 Å². The predicted molar refractivity (Wildman–Crippen MR) is 109 cm³/mol. The Morgan fingerprint density at radius 3 is 1.84 bits per heavy atom. The maximum Gasteiger partial charge on any atom is 0.0479 e. The molecular weight excluding hydrogens is 302 g/mol. The van der Waals surface area contributed by atoms with E-state index in [0.717, 1.165) is 22.2 Å². The molecule has 4 aromatic carbocycles. The molecule has 0 aliphatic rings. The summed E-state index contributed by atoms with van der Waals surface area (Å²) in [5.74, 6) is 0. The first-order chi connectivity index (χ1) is 12.1. The molecule has 0 heterocycles. The van der Waals surface area contributed by atoms with Gasteiger partial charge in [-0.25, -0.2) is 0 Å². The molecule has 0 aliphatic carbocycles. The molecule has 4 aromatic rings. The van der Waals surface area contributed by atoms with E-state index < -0.39 is 0 Å². The van der Waals surface area contributed by atoms with Crippen LogP contribution in [-0.4, -0.2) is 0 Å². The van der Waals surface area contributed by atoms with E-state index in [-0.39, 0.29) is 0 Å². The molecule has 0 aromatic heterocycles. The first kappa shape index (κ1) is 15.5. The number of rotatable bonds is 2. The van der Waals surface area contributed by atoms with Gasteiger partial charge in [0.05, 0.1) is 0 Å². The average molecular weight is 323 g/mol. The fraction of sp³-hybridized carbons (Fsp3) is 0.0833. The summed E-state index contributed by atoms with van der Waals surface area (Å²) in [5.41, 5.74) is 14.7. The van der Waals surface area contributed by atoms with Gasteiger partial charge in [-0.05, 0) is 42.0 Å². The molecule has 0 radical (unpaired) electrons. The van der Waals surface area contributed by atoms with E-state index in [9.17, 15) is 0 Å². The van der Waals surface area contributed by atoms with Crippen molar-refractivity contribution in [3.05, 3.63) is 90.0 Å². The summed E-state index contributed by atoms with van der Waals surface area (Å²) in [6, 6.07) is 27.9. The Kier molecular flexibility index (Phi) is 3.77. The van der Waals surface area contributed by atoms with Crippen LogP contribution in [0.4, 0.5) is 5.69 Å². The monoisotopic (exact) mass is 323 g/mol. The van der Waals surface area contributed by atoms with E-state index in [1.807, 2.05) is 6.07 Å². The smallest absolute Gasteiger partial charge is 0.0479 e. The molecule has 0 aliphatic heterocycles. The number of nitrogens with two attached hydrogens (primary N) is 1. The lowest BCUT2D eigenvalue weighted by Gasteiger charge is -2.16. The van der Waals surface area contributed by atoms with Crippen LogP contribution in [0.25, 0.3) is 33.0 Å². The van der Waals surface area contributed by atoms with Crippen molar-refractivity contribution < 1.29 is 0 Å². The van der Waals surface area contributed by atoms with E-state index in [4.69, 9.17) is 5.73 Å². The topological polar surface area (TPSA) is 26.0 Å². The van der Waals surface area contributed by atoms with Crippen LogP contribution < -0.4 is 5.73 Å². The third-order valence-corrected chi connectivity index (χ3v) is 4.79. The highest BCUT2D eigenvalue weighted by molar-refractivity contribution is 6.07. The molecule has 25 heavy (non-hydrogen) atoms. The van der Waals surface area contributed by atoms with Gasteiger partial charge in [-0.15, -0.1) is 0 Å². The van der Waals surface area contributed by atoms with Crippen molar-refractivity contribution in [2.45, 2.75) is 13.8 Å². The Hall–Kier alpha value is -3.06. The van der Waals surface area contributed by atoms with Crippen molar-refractivity contribution in [2.75, 3.05) is 5.73 Å². The van der Waals surface area contributed by atoms with Gasteiger partial charge in [0, 0.05) is 16.6 Å². The molecule has 1 nitrogen and oxygen atoms in total. The second kappa shape index (κ2) is 6.10. The molecule has 0 saturated carbocycles. The molecule has 0 saturated heterocycles. The molecule has 0 atom stereocenters. The van der Waals surface area contributed by atoms with Crippen LogP contribution >= 0.6 is 0 Å². The lowest BCUT2D eigenvalue weighted by Crippen LogP contribution is -1.96. The number of anilines is 1. The molecule has 2 N–H and O–H groups in total. The van der Waals surface area contributed by atoms with Crippen molar-refractivity contribution in [3.63, 3.8) is 0 Å². The van der Waals surface area contributed by atoms with Crippen molar-refractivity contribution in [1.29, 1.82) is 0 Å². The molecule has 0 fully saturated rings. The quantitative estimate of drug-likeness (QED) is 0.426. The molecule has 0 bridgehead atoms. The molecule has 0 amide bonds. The van der Waals surface area contributed by atoms with Gasteiger partial charge in [0.1, 0.15) is 0 Å². The maximum atomic E-state index is 6.66. The Bertz CT molecular complexity index is 1040. The van der Waals surface area contributed by atoms with Gasteiger partial charge in [-0.2, -0.15) is 0 Å². The normalized spacial score (nSPS) is 11.0. The third-order valence-electron chi connectivity index (χ3n) is 4.79. The summed E-state index contributed by atoms with van der Waals surface area (Å²) >= 11 is 0. The number of hydrogen-bond acceptors (Lipinski definition) is 1. The first-order valence-corrected chi connectivity index (χ1v) is 8.59. The highest BCUT2D eigenvalue weighted by atomic mass is 14.6. The highest BCUT2D eigenvalue weighted by Gasteiger charge is 2.14. The summed E-state index contributed by atoms with van der Waals surface area (Å²) in [5, 5.41) is 2.28. The lowest BCUT2D eigenvalue weighted by atomic mass is 9.89. The van der Waals surface area contributed by atoms with Gasteiger partial charge in [0.2, 0.25) is 0 Å². The summed E-state index contributed by atoms with van der Waals surface area (Å²) in [6.07, 6.45) is 0. The Balaban J connectivity index is 2.07. The number of aryl methyl sites for hydroxylation is 2. The zero-order valence-corrected chi connectivity index (χ0v) is 14.6. The number of hydrogen-bond donors (Lipinski definition) is 1. The Morgan fingerprint density at radius 2 is 1.20 bits per heavy atom. The van der Waals surface area contributed by atoms with Crippen LogP contribution in [0, 0.1) is 13.8 Å². The number of benzene rings is 4. The largest absolute Gasteiger partial charge is 0.398 e. The fourth-order valence-corrected chi connectivity index (χ4v) is 3.37. The summed E-state index contributed by atoms with van der Waals surface area (Å²) in [6.45, 7) is 4.22. The van der Waals surface area contributed by atoms with Crippen LogP contribution in [-0.2, 0) is 0 Å². The Labute approximate surface area is 148 Å². The second-order valence-corrected chi connectivity index (χ2v) is 6.67. The van der Waals surface area contributed by atoms with Crippen molar-refractivity contribution in [2.24, 2.45) is 0 Å². The highest BCUT2D eigenvalue weighted by Crippen LogP contribution is 2.41. The van der Waals surface area contributed by atoms with Crippen LogP contribution in [0.5, 0.6) is 0 Å². The van der Waals surface area contributed by atoms with E-state index in [0.29, 0.717) is 0 Å². The van der Waals surface area contributed by atoms with E-state index >= 15 is 0 Å². The number of fused-ring (bicyclic) bond motifs is 1. The Morgan fingerprint density at radius 1 is 0.640 bits per heavy atom.